The zero-order valence-electron chi connectivity index (χ0n) is 54.6. The number of rotatable bonds is 25. The van der Waals surface area contributed by atoms with Crippen molar-refractivity contribution in [1.82, 2.24) is 0 Å². The molecule has 0 aromatic heterocycles. The Hall–Kier alpha value is 2.84. The van der Waals surface area contributed by atoms with Crippen molar-refractivity contribution in [1.29, 1.82) is 0 Å². The Kier molecular flexibility index (Phi) is 31.8. The van der Waals surface area contributed by atoms with Crippen molar-refractivity contribution in [3.8, 4) is 0 Å². The van der Waals surface area contributed by atoms with E-state index in [2.05, 4.69) is 133 Å². The molecule has 8 nitrogen and oxygen atoms in total. The molecular formula is C63H124Cl3KO8Si9. The van der Waals surface area contributed by atoms with Crippen molar-refractivity contribution in [2.75, 3.05) is 0 Å². The van der Waals surface area contributed by atoms with Gasteiger partial charge in [-0.3, -0.25) is 0 Å². The molecule has 0 amide bonds. The predicted octanol–water partition coefficient (Wildman–Crippen LogP) is 17.4. The van der Waals surface area contributed by atoms with Crippen LogP contribution in [0.25, 0.3) is 0 Å². The number of halogens is 3. The molecule has 10 rings (SSSR count). The summed E-state index contributed by atoms with van der Waals surface area (Å²) in [5, 5.41) is 0. The molecule has 10 bridgehead atoms. The Balaban J connectivity index is 0.000000383. The summed E-state index contributed by atoms with van der Waals surface area (Å²) in [5.74, 6) is 12.9. The Morgan fingerprint density at radius 1 is 0.345 bits per heavy atom. The quantitative estimate of drug-likeness (QED) is 0.0527. The summed E-state index contributed by atoms with van der Waals surface area (Å²) in [5.41, 5.74) is 0. The molecule has 15 atom stereocenters. The van der Waals surface area contributed by atoms with E-state index in [1.807, 2.05) is 6.55 Å². The van der Waals surface area contributed by atoms with E-state index in [-0.39, 0.29) is 71.7 Å². The monoisotopic (exact) mass is 1400 g/mol. The van der Waals surface area contributed by atoms with Gasteiger partial charge in [0.2, 0.25) is 6.69 Å². The molecule has 0 aliphatic heterocycles. The number of fused-ring (bicyclic) bond motifs is 10. The summed E-state index contributed by atoms with van der Waals surface area (Å²) < 4.78 is 34.1. The normalized spacial score (nSPS) is 32.7. The number of allylic oxidation sites excluding steroid dienone is 10. The first kappa shape index (κ1) is 81.1. The zero-order chi connectivity index (χ0) is 58.9. The van der Waals surface area contributed by atoms with Crippen LogP contribution in [0.4, 0.5) is 0 Å². The smallest absolute Gasteiger partial charge is 0.870 e. The van der Waals surface area contributed by atoms with Gasteiger partial charge < -0.3 is 35.6 Å². The summed E-state index contributed by atoms with van der Waals surface area (Å²) in [4.78, 5) is 18.3. The first-order chi connectivity index (χ1) is 36.8. The average Bonchev–Trinajstić information content (AvgIpc) is 2.98. The predicted molar refractivity (Wildman–Crippen MR) is 380 cm³/mol. The van der Waals surface area contributed by atoms with Crippen LogP contribution in [-0.4, -0.2) is 88.6 Å². The maximum atomic E-state index is 9.14. The Labute approximate surface area is 582 Å². The van der Waals surface area contributed by atoms with E-state index in [1.54, 1.807) is 26.2 Å². The average molecular weight is 1410 g/mol. The van der Waals surface area contributed by atoms with Crippen LogP contribution in [0.15, 0.2) is 60.8 Å². The van der Waals surface area contributed by atoms with Crippen LogP contribution in [0.5, 0.6) is 0 Å². The second-order valence-corrected chi connectivity index (χ2v) is 73.0. The maximum absolute atomic E-state index is 9.14. The molecule has 482 valence electrons. The van der Waals surface area contributed by atoms with Crippen molar-refractivity contribution in [2.24, 2.45) is 88.8 Å². The summed E-state index contributed by atoms with van der Waals surface area (Å²) in [6.07, 6.45) is 45.1. The van der Waals surface area contributed by atoms with Crippen LogP contribution in [0.3, 0.4) is 0 Å². The van der Waals surface area contributed by atoms with E-state index < -0.39 is 73.5 Å². The van der Waals surface area contributed by atoms with Gasteiger partial charge in [0.05, 0.1) is 0 Å². The minimum absolute atomic E-state index is 0. The van der Waals surface area contributed by atoms with E-state index in [1.165, 1.54) is 114 Å². The molecule has 0 heterocycles. The van der Waals surface area contributed by atoms with E-state index in [4.69, 9.17) is 63.4 Å². The molecule has 84 heavy (non-hydrogen) atoms. The van der Waals surface area contributed by atoms with Gasteiger partial charge >= 0.3 is 94.2 Å². The topological polar surface area (TPSA) is 117 Å². The molecule has 0 radical (unpaired) electrons. The molecule has 5 fully saturated rings. The van der Waals surface area contributed by atoms with Gasteiger partial charge in [0.25, 0.3) is 0 Å². The molecule has 3 N–H and O–H groups in total. The van der Waals surface area contributed by atoms with Gasteiger partial charge in [-0.1, -0.05) is 114 Å². The SMILES string of the molecule is C.C.C[Si](C)(CCC1CC2C=CC1C2)O[Si](C)(C)O[Si](C)(CCC1CC2C=CC1C2)O[Si](C)(C)O[Si](C)(C)CCC1CC2C=CC1C2.C[Si](C)(Cl)CCC1CC2C=CC1C2.C[Si](C)(O)O[Si](C)(C)O.C[Si](Cl)(Cl)CCC1CC2C=CC1C2.[K+].[OH-]. The molecule has 5 saturated carbocycles. The van der Waals surface area contributed by atoms with Crippen LogP contribution in [0.1, 0.15) is 111 Å². The standard InChI is InChI=1S/C36H66O4Si5.C11H19ClSi.C10H16Cl2Si.C4H14O3Si2.2CH4.K.H2O/c1-41(2,19-16-34-25-28-10-13-31(34)22-28)37-43(5,6)39-45(9,21-18-36-27-30-12-15-33(36)24-30)40-44(7,8)38-42(3,4)20-17-35-26-29-11-14-32(35)23-29;1-13(2,12)6-5-11-8-9-3-4-10(11)7-9;1-13(11,12)5-4-10-7-8-2-3-9(10)6-8;1-8(2,5)7-9(3,4)6;;;;/h10-15,28-36H,16-27H2,1-9H3;3-4,9-11H,5-8H2,1-2H3;2-3,8-10H,4-7H2,1H3;5-6H,1-4H3;2*1H4;;1H2/q;;;;;;+1;/p-1. The summed E-state index contributed by atoms with van der Waals surface area (Å²) in [6, 6.07) is 5.92. The molecular weight excluding hydrogens is 1280 g/mol. The van der Waals surface area contributed by atoms with Crippen molar-refractivity contribution in [3.63, 3.8) is 0 Å². The fourth-order valence-electron chi connectivity index (χ4n) is 16.9. The van der Waals surface area contributed by atoms with Gasteiger partial charge in [0, 0.05) is 0 Å². The van der Waals surface area contributed by atoms with Crippen molar-refractivity contribution >= 4 is 107 Å². The van der Waals surface area contributed by atoms with Gasteiger partial charge in [-0.15, -0.1) is 22.2 Å². The number of hydrogen-bond acceptors (Lipinski definition) is 8. The van der Waals surface area contributed by atoms with Gasteiger partial charge in [0.15, 0.2) is 24.0 Å². The summed E-state index contributed by atoms with van der Waals surface area (Å²) >= 11 is 18.5. The molecule has 10 aliphatic carbocycles. The van der Waals surface area contributed by atoms with Gasteiger partial charge in [-0.05, 0) is 281 Å². The third-order valence-electron chi connectivity index (χ3n) is 19.8. The largest absolute Gasteiger partial charge is 1.00 e. The fraction of sp³-hybridized carbons (Fsp3) is 0.841. The van der Waals surface area contributed by atoms with Crippen LogP contribution in [0.2, 0.25) is 135 Å². The van der Waals surface area contributed by atoms with Gasteiger partial charge in [-0.25, -0.2) is 0 Å². The van der Waals surface area contributed by atoms with Crippen LogP contribution in [-0.2, 0) is 20.6 Å². The third-order valence-corrected chi connectivity index (χ3v) is 48.1. The van der Waals surface area contributed by atoms with E-state index in [9.17, 15) is 0 Å². The third kappa shape index (κ3) is 27.3. The number of hydrogen-bond donors (Lipinski definition) is 2. The summed E-state index contributed by atoms with van der Waals surface area (Å²) in [7, 11) is -17.4. The van der Waals surface area contributed by atoms with Crippen LogP contribution < -0.4 is 51.4 Å². The van der Waals surface area contributed by atoms with Crippen LogP contribution >= 0.6 is 33.2 Å². The first-order valence-electron chi connectivity index (χ1n) is 32.2. The Morgan fingerprint density at radius 2 is 0.595 bits per heavy atom. The second-order valence-electron chi connectivity index (χ2n) is 31.5. The van der Waals surface area contributed by atoms with E-state index in [0.717, 1.165) is 101 Å². The van der Waals surface area contributed by atoms with Gasteiger partial charge in [-0.2, -0.15) is 11.1 Å². The molecule has 15 unspecified atom stereocenters. The molecule has 10 aliphatic rings. The minimum Gasteiger partial charge on any atom is -0.870 e. The van der Waals surface area contributed by atoms with Gasteiger partial charge in [0.1, 0.15) is 0 Å². The second kappa shape index (κ2) is 33.0. The summed E-state index contributed by atoms with van der Waals surface area (Å²) in [6.45, 7) is 32.7. The van der Waals surface area contributed by atoms with Crippen molar-refractivity contribution in [2.45, 2.75) is 246 Å². The van der Waals surface area contributed by atoms with Crippen molar-refractivity contribution in [3.05, 3.63) is 60.8 Å². The Bertz CT molecular complexity index is 2050. The Morgan fingerprint density at radius 3 is 0.798 bits per heavy atom. The zero-order valence-corrected chi connectivity index (χ0v) is 69.0. The van der Waals surface area contributed by atoms with Crippen LogP contribution in [0, 0.1) is 88.8 Å². The molecule has 0 aromatic carbocycles. The maximum Gasteiger partial charge on any atom is 1.00 e. The first-order valence-corrected chi connectivity index (χ1v) is 61.2. The molecule has 0 aromatic rings. The fourth-order valence-corrected chi connectivity index (χ4v) is 49.9. The van der Waals surface area contributed by atoms with E-state index in [0.29, 0.717) is 0 Å². The van der Waals surface area contributed by atoms with E-state index >= 15 is 0 Å². The molecule has 0 spiro atoms. The molecule has 21 heteroatoms. The molecule has 0 saturated heterocycles. The minimum atomic E-state index is -2.56. The van der Waals surface area contributed by atoms with Crippen molar-refractivity contribution < 1.29 is 87.0 Å².